The second-order valence-electron chi connectivity index (χ2n) is 12.4. The van der Waals surface area contributed by atoms with Gasteiger partial charge in [0.05, 0.1) is 32.0 Å². The molecule has 0 amide bonds. The molecule has 1 saturated carbocycles. The zero-order valence-electron chi connectivity index (χ0n) is 20.7. The molecule has 1 saturated heterocycles. The van der Waals surface area contributed by atoms with Gasteiger partial charge in [-0.25, -0.2) is 0 Å². The minimum atomic E-state index is -2.06. The normalized spacial score (nSPS) is 39.0. The smallest absolute Gasteiger partial charge is 0.192 e. The lowest BCUT2D eigenvalue weighted by Gasteiger charge is -2.56. The highest BCUT2D eigenvalue weighted by atomic mass is 28.4. The van der Waals surface area contributed by atoms with Crippen LogP contribution in [0.15, 0.2) is 11.1 Å². The average Bonchev–Trinajstić information content (AvgIpc) is 3.26. The van der Waals surface area contributed by atoms with Crippen LogP contribution in [0.4, 0.5) is 0 Å². The zero-order valence-corrected chi connectivity index (χ0v) is 21.7. The van der Waals surface area contributed by atoms with Gasteiger partial charge in [0.15, 0.2) is 14.1 Å². The Hall–Kier alpha value is -0.243. The van der Waals surface area contributed by atoms with Crippen molar-refractivity contribution in [1.82, 2.24) is 0 Å². The number of rotatable bonds is 4. The molecule has 1 heterocycles. The highest BCUT2D eigenvalue weighted by Crippen LogP contribution is 2.66. The van der Waals surface area contributed by atoms with Gasteiger partial charge in [-0.15, -0.1) is 0 Å². The molecule has 0 radical (unpaired) electrons. The van der Waals surface area contributed by atoms with E-state index in [9.17, 15) is 10.2 Å². The van der Waals surface area contributed by atoms with E-state index >= 15 is 0 Å². The SMILES string of the molecule is CC(C)(C)[Si](C)(C)O[C@@H]1C[C@@]2(C)[C@@H](CCC23OCCO3)C2=C1[C@@](C)([C@H](O)CO)CCC2. The third kappa shape index (κ3) is 3.43. The Balaban J connectivity index is 1.84. The number of fused-ring (bicyclic) bond motifs is 3. The van der Waals surface area contributed by atoms with Gasteiger partial charge in [0.1, 0.15) is 0 Å². The van der Waals surface area contributed by atoms with Crippen molar-refractivity contribution in [1.29, 1.82) is 0 Å². The summed E-state index contributed by atoms with van der Waals surface area (Å²) in [6.07, 6.45) is 5.01. The molecule has 5 nitrogen and oxygen atoms in total. The van der Waals surface area contributed by atoms with E-state index in [-0.39, 0.29) is 23.2 Å². The lowest BCUT2D eigenvalue weighted by Crippen LogP contribution is -2.57. The molecule has 4 rings (SSSR count). The maximum Gasteiger partial charge on any atom is 0.192 e. The van der Waals surface area contributed by atoms with Gasteiger partial charge in [0.2, 0.25) is 0 Å². The Labute approximate surface area is 189 Å². The van der Waals surface area contributed by atoms with Crippen molar-refractivity contribution in [3.05, 3.63) is 11.1 Å². The van der Waals surface area contributed by atoms with Crippen LogP contribution < -0.4 is 0 Å². The molecule has 5 atom stereocenters. The van der Waals surface area contributed by atoms with E-state index in [1.54, 1.807) is 0 Å². The maximum absolute atomic E-state index is 11.0. The molecule has 1 spiro atoms. The Morgan fingerprint density at radius 1 is 1.16 bits per heavy atom. The lowest BCUT2D eigenvalue weighted by atomic mass is 9.55. The van der Waals surface area contributed by atoms with Crippen LogP contribution in [0.5, 0.6) is 0 Å². The summed E-state index contributed by atoms with van der Waals surface area (Å²) < 4.78 is 19.8. The van der Waals surface area contributed by atoms with Crippen molar-refractivity contribution < 1.29 is 24.1 Å². The molecule has 2 fully saturated rings. The second kappa shape index (κ2) is 7.64. The quantitative estimate of drug-likeness (QED) is 0.475. The molecule has 31 heavy (non-hydrogen) atoms. The summed E-state index contributed by atoms with van der Waals surface area (Å²) in [6, 6.07) is 0. The number of aliphatic hydroxyl groups is 2. The highest BCUT2D eigenvalue weighted by Gasteiger charge is 2.66. The second-order valence-corrected chi connectivity index (χ2v) is 17.2. The van der Waals surface area contributed by atoms with Gasteiger partial charge in [-0.1, -0.05) is 40.2 Å². The molecule has 0 aromatic rings. The molecule has 4 aliphatic rings. The van der Waals surface area contributed by atoms with E-state index in [2.05, 4.69) is 47.7 Å². The van der Waals surface area contributed by atoms with Crippen LogP contribution in [-0.4, -0.2) is 56.3 Å². The molecule has 3 aliphatic carbocycles. The number of ether oxygens (including phenoxy) is 2. The van der Waals surface area contributed by atoms with Gasteiger partial charge in [-0.2, -0.15) is 0 Å². The first-order valence-corrected chi connectivity index (χ1v) is 15.2. The summed E-state index contributed by atoms with van der Waals surface area (Å²) in [5, 5.41) is 21.0. The molecular weight excluding hydrogens is 408 g/mol. The van der Waals surface area contributed by atoms with E-state index in [4.69, 9.17) is 13.9 Å². The maximum atomic E-state index is 11.0. The van der Waals surface area contributed by atoms with E-state index < -0.39 is 25.6 Å². The van der Waals surface area contributed by atoms with Crippen LogP contribution in [0.3, 0.4) is 0 Å². The molecule has 0 unspecified atom stereocenters. The molecule has 178 valence electrons. The summed E-state index contributed by atoms with van der Waals surface area (Å²) in [5.41, 5.74) is 2.19. The van der Waals surface area contributed by atoms with Crippen molar-refractivity contribution >= 4 is 8.32 Å². The number of allylic oxidation sites excluding steroid dienone is 1. The molecule has 1 aliphatic heterocycles. The van der Waals surface area contributed by atoms with Crippen LogP contribution in [0.25, 0.3) is 0 Å². The topological polar surface area (TPSA) is 68.2 Å². The van der Waals surface area contributed by atoms with Gasteiger partial charge >= 0.3 is 0 Å². The molecule has 2 N–H and O–H groups in total. The first kappa shape index (κ1) is 23.9. The van der Waals surface area contributed by atoms with E-state index in [0.717, 1.165) is 38.5 Å². The third-order valence-corrected chi connectivity index (χ3v) is 14.2. The zero-order chi connectivity index (χ0) is 22.9. The fourth-order valence-electron chi connectivity index (χ4n) is 6.88. The Kier molecular flexibility index (Phi) is 5.89. The lowest BCUT2D eigenvalue weighted by molar-refractivity contribution is -0.231. The molecule has 0 aromatic heterocycles. The number of hydrogen-bond acceptors (Lipinski definition) is 5. The van der Waals surface area contributed by atoms with Crippen molar-refractivity contribution in [2.45, 2.75) is 109 Å². The van der Waals surface area contributed by atoms with Crippen molar-refractivity contribution in [2.75, 3.05) is 19.8 Å². The van der Waals surface area contributed by atoms with Crippen LogP contribution in [0.2, 0.25) is 18.1 Å². The van der Waals surface area contributed by atoms with Gasteiger partial charge in [0.25, 0.3) is 0 Å². The minimum Gasteiger partial charge on any atom is -0.410 e. The number of aliphatic hydroxyl groups excluding tert-OH is 2. The first-order chi connectivity index (χ1) is 14.3. The average molecular weight is 453 g/mol. The van der Waals surface area contributed by atoms with Crippen LogP contribution in [0.1, 0.15) is 73.1 Å². The van der Waals surface area contributed by atoms with E-state index in [1.165, 1.54) is 11.1 Å². The van der Waals surface area contributed by atoms with Gasteiger partial charge in [-0.05, 0) is 61.7 Å². The van der Waals surface area contributed by atoms with Crippen LogP contribution in [0, 0.1) is 16.7 Å². The van der Waals surface area contributed by atoms with Crippen LogP contribution in [-0.2, 0) is 13.9 Å². The van der Waals surface area contributed by atoms with Gasteiger partial charge in [0, 0.05) is 17.3 Å². The monoisotopic (exact) mass is 452 g/mol. The molecule has 6 heteroatoms. The summed E-state index contributed by atoms with van der Waals surface area (Å²) in [4.78, 5) is 0. The first-order valence-electron chi connectivity index (χ1n) is 12.3. The largest absolute Gasteiger partial charge is 0.410 e. The van der Waals surface area contributed by atoms with Crippen molar-refractivity contribution in [3.8, 4) is 0 Å². The van der Waals surface area contributed by atoms with E-state index in [1.807, 2.05) is 0 Å². The Morgan fingerprint density at radius 2 is 1.81 bits per heavy atom. The summed E-state index contributed by atoms with van der Waals surface area (Å²) >= 11 is 0. The minimum absolute atomic E-state index is 0.0635. The summed E-state index contributed by atoms with van der Waals surface area (Å²) in [5.74, 6) is -0.111. The summed E-state index contributed by atoms with van der Waals surface area (Å²) in [6.45, 7) is 17.1. The highest BCUT2D eigenvalue weighted by molar-refractivity contribution is 6.74. The molecule has 0 bridgehead atoms. The fourth-order valence-corrected chi connectivity index (χ4v) is 8.14. The molecular formula is C25H44O5Si. The van der Waals surface area contributed by atoms with Crippen molar-refractivity contribution in [3.63, 3.8) is 0 Å². The van der Waals surface area contributed by atoms with Gasteiger partial charge in [-0.3, -0.25) is 0 Å². The Bertz CT molecular complexity index is 735. The third-order valence-electron chi connectivity index (χ3n) is 9.76. The predicted octanol–water partition coefficient (Wildman–Crippen LogP) is 4.78. The summed E-state index contributed by atoms with van der Waals surface area (Å²) in [7, 11) is -2.06. The standard InChI is InChI=1S/C25H44O5Si/c1-22(2,3)31(6,7)30-19-15-24(5)18(10-12-25(24)28-13-14-29-25)17-9-8-11-23(4,21(17)19)20(27)16-26/h18-20,26-27H,8-16H2,1-7H3/t18-,19+,20+,23+,24-/m0/s1. The Morgan fingerprint density at radius 3 is 2.39 bits per heavy atom. The van der Waals surface area contributed by atoms with E-state index in [0.29, 0.717) is 19.1 Å². The molecule has 0 aromatic carbocycles. The fraction of sp³-hybridized carbons (Fsp3) is 0.920. The predicted molar refractivity (Wildman–Crippen MR) is 124 cm³/mol. The van der Waals surface area contributed by atoms with Gasteiger partial charge < -0.3 is 24.1 Å². The number of hydrogen-bond donors (Lipinski definition) is 2. The van der Waals surface area contributed by atoms with Crippen LogP contribution >= 0.6 is 0 Å². The van der Waals surface area contributed by atoms with Crippen molar-refractivity contribution in [2.24, 2.45) is 16.7 Å².